The molecule has 0 saturated heterocycles. The van der Waals surface area contributed by atoms with E-state index in [2.05, 4.69) is 0 Å². The molecule has 0 rings (SSSR count). The minimum atomic E-state index is -2.30. The summed E-state index contributed by atoms with van der Waals surface area (Å²) in [6.07, 6.45) is 1.93. The van der Waals surface area contributed by atoms with Gasteiger partial charge < -0.3 is 29.2 Å². The second kappa shape index (κ2) is 13.9. The molecule has 8 nitrogen and oxygen atoms in total. The molecule has 0 fully saturated rings. The number of unbranched alkanes of at least 4 members (excludes halogenated alkanes) is 2. The topological polar surface area (TPSA) is 112 Å². The Morgan fingerprint density at radius 1 is 0.897 bits per heavy atom. The van der Waals surface area contributed by atoms with Crippen LogP contribution in [0.15, 0.2) is 0 Å². The molecule has 0 aromatic carbocycles. The van der Waals surface area contributed by atoms with E-state index < -0.39 is 35.7 Å². The number of hydrogen-bond acceptors (Lipinski definition) is 6. The summed E-state index contributed by atoms with van der Waals surface area (Å²) in [5, 5.41) is 19.6. The highest BCUT2D eigenvalue weighted by Gasteiger charge is 2.63. The zero-order valence-electron chi connectivity index (χ0n) is 18.9. The maximum absolute atomic E-state index is 12.6. The Bertz CT molecular complexity index is 469. The van der Waals surface area contributed by atoms with Gasteiger partial charge in [-0.25, -0.2) is 4.79 Å². The van der Waals surface area contributed by atoms with Crippen molar-refractivity contribution >= 4 is 11.9 Å². The molecule has 0 heterocycles. The lowest BCUT2D eigenvalue weighted by molar-refractivity contribution is -0.412. The number of carbonyl (C=O) groups is 2. The van der Waals surface area contributed by atoms with Crippen molar-refractivity contribution in [3.05, 3.63) is 0 Å². The average molecular weight is 421 g/mol. The molecule has 29 heavy (non-hydrogen) atoms. The highest BCUT2D eigenvalue weighted by atomic mass is 16.8. The molecule has 2 unspecified atom stereocenters. The summed E-state index contributed by atoms with van der Waals surface area (Å²) in [5.41, 5.74) is 0. The van der Waals surface area contributed by atoms with Gasteiger partial charge in [0, 0.05) is 6.42 Å². The van der Waals surface area contributed by atoms with Crippen LogP contribution in [0, 0.1) is 0 Å². The van der Waals surface area contributed by atoms with Crippen molar-refractivity contribution in [2.45, 2.75) is 110 Å². The monoisotopic (exact) mass is 420 g/mol. The van der Waals surface area contributed by atoms with Crippen molar-refractivity contribution < 1.29 is 38.7 Å². The fourth-order valence-corrected chi connectivity index (χ4v) is 2.74. The van der Waals surface area contributed by atoms with Gasteiger partial charge >= 0.3 is 17.7 Å². The summed E-state index contributed by atoms with van der Waals surface area (Å²) < 4.78 is 23.9. The van der Waals surface area contributed by atoms with Crippen molar-refractivity contribution in [3.63, 3.8) is 0 Å². The van der Waals surface area contributed by atoms with Gasteiger partial charge in [0.15, 0.2) is 0 Å². The first-order valence-corrected chi connectivity index (χ1v) is 10.7. The van der Waals surface area contributed by atoms with E-state index in [9.17, 15) is 19.8 Å². The number of carboxylic acids is 2. The molecule has 0 amide bonds. The SMILES string of the molecule is CCCCOC(CCC(=O)O)(OCCCC)C(OC(C)C)(OC(C)CC)C(=O)O. The van der Waals surface area contributed by atoms with E-state index in [0.29, 0.717) is 19.3 Å². The van der Waals surface area contributed by atoms with Gasteiger partial charge in [-0.3, -0.25) is 4.79 Å². The fraction of sp³-hybridized carbons (Fsp3) is 0.905. The predicted molar refractivity (Wildman–Crippen MR) is 109 cm³/mol. The first kappa shape index (κ1) is 27.8. The van der Waals surface area contributed by atoms with Crippen LogP contribution in [0.2, 0.25) is 0 Å². The van der Waals surface area contributed by atoms with Crippen LogP contribution < -0.4 is 0 Å². The molecule has 0 bridgehead atoms. The van der Waals surface area contributed by atoms with E-state index in [-0.39, 0.29) is 26.1 Å². The van der Waals surface area contributed by atoms with Crippen LogP contribution in [0.5, 0.6) is 0 Å². The molecule has 0 aromatic rings. The third-order valence-electron chi connectivity index (χ3n) is 4.46. The van der Waals surface area contributed by atoms with Crippen LogP contribution in [0.3, 0.4) is 0 Å². The molecule has 0 spiro atoms. The minimum Gasteiger partial charge on any atom is -0.481 e. The Labute approximate surface area is 174 Å². The van der Waals surface area contributed by atoms with Gasteiger partial charge in [-0.1, -0.05) is 33.6 Å². The van der Waals surface area contributed by atoms with Crippen LogP contribution in [-0.4, -0.2) is 59.1 Å². The standard InChI is InChI=1S/C21H40O8/c1-7-10-14-26-20(13-12-18(22)23,27-15-11-8-2)21(19(24)25,28-16(4)5)29-17(6)9-3/h16-17H,7-15H2,1-6H3,(H,22,23)(H,24,25). The number of ether oxygens (including phenoxy) is 4. The molecule has 0 aromatic heterocycles. The maximum Gasteiger partial charge on any atom is 0.370 e. The molecule has 0 aliphatic carbocycles. The van der Waals surface area contributed by atoms with E-state index in [0.717, 1.165) is 12.8 Å². The second-order valence-corrected chi connectivity index (χ2v) is 7.48. The Morgan fingerprint density at radius 2 is 1.41 bits per heavy atom. The largest absolute Gasteiger partial charge is 0.481 e. The third kappa shape index (κ3) is 8.58. The zero-order chi connectivity index (χ0) is 22.5. The van der Waals surface area contributed by atoms with Crippen LogP contribution in [0.4, 0.5) is 0 Å². The van der Waals surface area contributed by atoms with Gasteiger partial charge in [0.2, 0.25) is 5.79 Å². The predicted octanol–water partition coefficient (Wildman–Crippen LogP) is 4.20. The maximum atomic E-state index is 12.6. The summed E-state index contributed by atoms with van der Waals surface area (Å²) >= 11 is 0. The van der Waals surface area contributed by atoms with Crippen molar-refractivity contribution in [1.29, 1.82) is 0 Å². The van der Waals surface area contributed by atoms with Gasteiger partial charge in [-0.05, 0) is 40.0 Å². The molecule has 2 atom stereocenters. The van der Waals surface area contributed by atoms with Crippen molar-refractivity contribution in [3.8, 4) is 0 Å². The lowest BCUT2D eigenvalue weighted by Crippen LogP contribution is -2.67. The Morgan fingerprint density at radius 3 is 1.76 bits per heavy atom. The molecule has 0 aliphatic heterocycles. The van der Waals surface area contributed by atoms with Gasteiger partial charge in [0.1, 0.15) is 0 Å². The summed E-state index contributed by atoms with van der Waals surface area (Å²) in [4.78, 5) is 24.0. The highest BCUT2D eigenvalue weighted by molar-refractivity contribution is 5.77. The van der Waals surface area contributed by atoms with E-state index in [1.807, 2.05) is 20.8 Å². The molecule has 0 radical (unpaired) electrons. The number of carboxylic acid groups (broad SMARTS) is 2. The van der Waals surface area contributed by atoms with Crippen LogP contribution >= 0.6 is 0 Å². The fourth-order valence-electron chi connectivity index (χ4n) is 2.74. The molecule has 0 aliphatic rings. The Balaban J connectivity index is 6.44. The normalized spacial score (nSPS) is 15.3. The first-order valence-electron chi connectivity index (χ1n) is 10.7. The summed E-state index contributed by atoms with van der Waals surface area (Å²) in [7, 11) is 0. The zero-order valence-corrected chi connectivity index (χ0v) is 18.9. The number of hydrogen-bond donors (Lipinski definition) is 2. The lowest BCUT2D eigenvalue weighted by Gasteiger charge is -2.47. The van der Waals surface area contributed by atoms with E-state index in [4.69, 9.17) is 18.9 Å². The Hall–Kier alpha value is -1.22. The molecular formula is C21H40O8. The quantitative estimate of drug-likeness (QED) is 0.251. The van der Waals surface area contributed by atoms with Crippen molar-refractivity contribution in [2.75, 3.05) is 13.2 Å². The summed E-state index contributed by atoms with van der Waals surface area (Å²) in [5.74, 6) is -6.67. The minimum absolute atomic E-state index is 0.197. The highest BCUT2D eigenvalue weighted by Crippen LogP contribution is 2.40. The smallest absolute Gasteiger partial charge is 0.370 e. The second-order valence-electron chi connectivity index (χ2n) is 7.48. The molecule has 172 valence electrons. The van der Waals surface area contributed by atoms with Gasteiger partial charge in [0.25, 0.3) is 0 Å². The Kier molecular flexibility index (Phi) is 13.3. The van der Waals surface area contributed by atoms with Gasteiger partial charge in [-0.15, -0.1) is 0 Å². The van der Waals surface area contributed by atoms with Crippen LogP contribution in [0.1, 0.15) is 86.5 Å². The summed E-state index contributed by atoms with van der Waals surface area (Å²) in [6, 6.07) is 0. The first-order chi connectivity index (χ1) is 13.6. The van der Waals surface area contributed by atoms with Gasteiger partial charge in [-0.2, -0.15) is 0 Å². The third-order valence-corrected chi connectivity index (χ3v) is 4.46. The molecule has 0 saturated carbocycles. The van der Waals surface area contributed by atoms with E-state index in [1.165, 1.54) is 0 Å². The van der Waals surface area contributed by atoms with Crippen molar-refractivity contribution in [1.82, 2.24) is 0 Å². The average Bonchev–Trinajstić information content (AvgIpc) is 2.64. The lowest BCUT2D eigenvalue weighted by atomic mass is 9.97. The van der Waals surface area contributed by atoms with Crippen LogP contribution in [-0.2, 0) is 28.5 Å². The number of rotatable bonds is 18. The summed E-state index contributed by atoms with van der Waals surface area (Å²) in [6.45, 7) is 11.3. The molecule has 2 N–H and O–H groups in total. The van der Waals surface area contributed by atoms with Crippen molar-refractivity contribution in [2.24, 2.45) is 0 Å². The van der Waals surface area contributed by atoms with E-state index >= 15 is 0 Å². The van der Waals surface area contributed by atoms with Gasteiger partial charge in [0.05, 0.1) is 31.8 Å². The van der Waals surface area contributed by atoms with E-state index in [1.54, 1.807) is 20.8 Å². The molecule has 8 heteroatoms. The molecular weight excluding hydrogens is 380 g/mol. The number of aliphatic carboxylic acids is 2. The van der Waals surface area contributed by atoms with Crippen LogP contribution in [0.25, 0.3) is 0 Å².